The molecule has 0 radical (unpaired) electrons. The van der Waals surface area contributed by atoms with Gasteiger partial charge in [0.25, 0.3) is 0 Å². The normalized spacial score (nSPS) is 13.3. The van der Waals surface area contributed by atoms with Gasteiger partial charge in [0.05, 0.1) is 0 Å². The van der Waals surface area contributed by atoms with Gasteiger partial charge in [-0.25, -0.2) is 0 Å². The Morgan fingerprint density at radius 1 is 1.39 bits per heavy atom. The van der Waals surface area contributed by atoms with E-state index in [9.17, 15) is 0 Å². The van der Waals surface area contributed by atoms with Crippen molar-refractivity contribution in [3.05, 3.63) is 34.3 Å². The molecule has 0 saturated heterocycles. The Kier molecular flexibility index (Phi) is 7.45. The van der Waals surface area contributed by atoms with Gasteiger partial charge in [0.15, 0.2) is 0 Å². The molecule has 104 valence electrons. The van der Waals surface area contributed by atoms with E-state index in [2.05, 4.69) is 72.9 Å². The minimum atomic E-state index is 0. The van der Waals surface area contributed by atoms with Gasteiger partial charge in [-0.1, -0.05) is 41.9 Å². The molecule has 0 aliphatic heterocycles. The lowest BCUT2D eigenvalue weighted by molar-refractivity contribution is 0.174. The molecule has 1 unspecified atom stereocenters. The summed E-state index contributed by atoms with van der Waals surface area (Å²) in [6, 6.07) is 8.88. The Labute approximate surface area is 125 Å². The molecule has 1 aromatic rings. The average molecular weight is 336 g/mol. The molecule has 0 saturated carbocycles. The summed E-state index contributed by atoms with van der Waals surface area (Å²) < 4.78 is 1.13. The van der Waals surface area contributed by atoms with Crippen molar-refractivity contribution in [3.8, 4) is 0 Å². The van der Waals surface area contributed by atoms with Crippen molar-refractivity contribution in [3.63, 3.8) is 0 Å². The molecule has 1 atom stereocenters. The van der Waals surface area contributed by atoms with Crippen LogP contribution in [-0.2, 0) is 0 Å². The fourth-order valence-corrected chi connectivity index (χ4v) is 2.31. The van der Waals surface area contributed by atoms with Crippen LogP contribution in [0.3, 0.4) is 0 Å². The molecular weight excluding hydrogens is 312 g/mol. The highest BCUT2D eigenvalue weighted by Gasteiger charge is 2.21. The number of benzene rings is 1. The van der Waals surface area contributed by atoms with Crippen LogP contribution in [-0.4, -0.2) is 25.0 Å². The van der Waals surface area contributed by atoms with Gasteiger partial charge in [-0.3, -0.25) is 4.90 Å². The largest absolute Gasteiger partial charge is 0.330 e. The number of hydrogen-bond acceptors (Lipinski definition) is 2. The van der Waals surface area contributed by atoms with E-state index < -0.39 is 0 Å². The fourth-order valence-electron chi connectivity index (χ4n) is 1.90. The molecule has 2 N–H and O–H groups in total. The molecule has 1 aromatic carbocycles. The Morgan fingerprint density at radius 2 is 2.00 bits per heavy atom. The quantitative estimate of drug-likeness (QED) is 0.885. The van der Waals surface area contributed by atoms with Crippen molar-refractivity contribution in [2.24, 2.45) is 11.1 Å². The van der Waals surface area contributed by atoms with Crippen molar-refractivity contribution in [1.29, 1.82) is 0 Å². The Balaban J connectivity index is 0.00000289. The summed E-state index contributed by atoms with van der Waals surface area (Å²) in [6.07, 6.45) is 0. The molecule has 0 aliphatic rings. The summed E-state index contributed by atoms with van der Waals surface area (Å²) >= 11 is 3.52. The zero-order chi connectivity index (χ0) is 13.1. The average Bonchev–Trinajstić information content (AvgIpc) is 2.27. The molecule has 0 amide bonds. The topological polar surface area (TPSA) is 29.3 Å². The highest BCUT2D eigenvalue weighted by atomic mass is 79.9. The van der Waals surface area contributed by atoms with E-state index in [1.807, 2.05) is 0 Å². The lowest BCUT2D eigenvalue weighted by Crippen LogP contribution is -2.37. The molecule has 1 rings (SSSR count). The van der Waals surface area contributed by atoms with Gasteiger partial charge in [0, 0.05) is 17.1 Å². The molecule has 4 heteroatoms. The van der Waals surface area contributed by atoms with Gasteiger partial charge in [-0.15, -0.1) is 12.4 Å². The summed E-state index contributed by atoms with van der Waals surface area (Å²) in [5, 5.41) is 0. The molecule has 2 nitrogen and oxygen atoms in total. The van der Waals surface area contributed by atoms with Crippen LogP contribution in [0.2, 0.25) is 0 Å². The van der Waals surface area contributed by atoms with Gasteiger partial charge in [-0.2, -0.15) is 0 Å². The third-order valence-corrected chi connectivity index (χ3v) is 3.72. The van der Waals surface area contributed by atoms with Gasteiger partial charge in [-0.05, 0) is 43.6 Å². The second-order valence-corrected chi connectivity index (χ2v) is 6.43. The van der Waals surface area contributed by atoms with Crippen molar-refractivity contribution in [1.82, 2.24) is 4.90 Å². The Morgan fingerprint density at radius 3 is 2.50 bits per heavy atom. The van der Waals surface area contributed by atoms with E-state index >= 15 is 0 Å². The second kappa shape index (κ2) is 7.49. The number of nitrogens with two attached hydrogens (primary N) is 1. The van der Waals surface area contributed by atoms with Gasteiger partial charge in [0.2, 0.25) is 0 Å². The van der Waals surface area contributed by atoms with Gasteiger partial charge in [0.1, 0.15) is 0 Å². The van der Waals surface area contributed by atoms with E-state index in [1.54, 1.807) is 0 Å². The van der Waals surface area contributed by atoms with E-state index in [1.165, 1.54) is 5.56 Å². The molecular formula is C14H24BrClN2. The van der Waals surface area contributed by atoms with E-state index in [4.69, 9.17) is 5.73 Å². The predicted octanol–water partition coefficient (Wildman–Crippen LogP) is 3.85. The van der Waals surface area contributed by atoms with Crippen molar-refractivity contribution in [2.75, 3.05) is 20.1 Å². The molecule has 0 aliphatic carbocycles. The van der Waals surface area contributed by atoms with E-state index in [0.717, 1.165) is 11.0 Å². The van der Waals surface area contributed by atoms with Crippen molar-refractivity contribution < 1.29 is 0 Å². The lowest BCUT2D eigenvalue weighted by atomic mass is 9.92. The van der Waals surface area contributed by atoms with Crippen LogP contribution in [0.5, 0.6) is 0 Å². The van der Waals surface area contributed by atoms with Crippen LogP contribution in [0.4, 0.5) is 0 Å². The van der Waals surface area contributed by atoms with Crippen LogP contribution in [0.25, 0.3) is 0 Å². The highest BCUT2D eigenvalue weighted by Crippen LogP contribution is 2.25. The van der Waals surface area contributed by atoms with Crippen LogP contribution in [0.1, 0.15) is 32.4 Å². The van der Waals surface area contributed by atoms with Gasteiger partial charge >= 0.3 is 0 Å². The number of hydrogen-bond donors (Lipinski definition) is 1. The predicted molar refractivity (Wildman–Crippen MR) is 85.3 cm³/mol. The maximum Gasteiger partial charge on any atom is 0.0317 e. The SMILES string of the molecule is CC(c1cccc(Br)c1)N(C)CC(C)(C)CN.Cl. The smallest absolute Gasteiger partial charge is 0.0317 e. The van der Waals surface area contributed by atoms with Crippen LogP contribution in [0, 0.1) is 5.41 Å². The first-order valence-corrected chi connectivity index (χ1v) is 6.81. The minimum Gasteiger partial charge on any atom is -0.330 e. The maximum atomic E-state index is 5.78. The standard InChI is InChI=1S/C14H23BrN2.ClH/c1-11(12-6-5-7-13(15)8-12)17(4)10-14(2,3)9-16;/h5-8,11H,9-10,16H2,1-4H3;1H. The molecule has 0 bridgehead atoms. The molecule has 0 fully saturated rings. The Hall–Kier alpha value is -0.0900. The Bertz CT molecular complexity index is 369. The first-order valence-electron chi connectivity index (χ1n) is 6.01. The third-order valence-electron chi connectivity index (χ3n) is 3.22. The number of nitrogens with zero attached hydrogens (tertiary/aromatic N) is 1. The molecule has 0 heterocycles. The zero-order valence-corrected chi connectivity index (χ0v) is 14.0. The summed E-state index contributed by atoms with van der Waals surface area (Å²) in [5.41, 5.74) is 7.27. The second-order valence-electron chi connectivity index (χ2n) is 5.51. The summed E-state index contributed by atoms with van der Waals surface area (Å²) in [5.74, 6) is 0. The van der Waals surface area contributed by atoms with Crippen LogP contribution < -0.4 is 5.73 Å². The monoisotopic (exact) mass is 334 g/mol. The minimum absolute atomic E-state index is 0. The lowest BCUT2D eigenvalue weighted by Gasteiger charge is -2.33. The summed E-state index contributed by atoms with van der Waals surface area (Å²) in [4.78, 5) is 2.36. The van der Waals surface area contributed by atoms with Crippen LogP contribution in [0.15, 0.2) is 28.7 Å². The molecule has 18 heavy (non-hydrogen) atoms. The molecule has 0 aromatic heterocycles. The summed E-state index contributed by atoms with van der Waals surface area (Å²) in [7, 11) is 2.16. The first kappa shape index (κ1) is 17.9. The van der Waals surface area contributed by atoms with Crippen LogP contribution >= 0.6 is 28.3 Å². The number of rotatable bonds is 5. The van der Waals surface area contributed by atoms with E-state index in [0.29, 0.717) is 12.6 Å². The fraction of sp³-hybridized carbons (Fsp3) is 0.571. The summed E-state index contributed by atoms with van der Waals surface area (Å²) in [6.45, 7) is 8.35. The van der Waals surface area contributed by atoms with E-state index in [-0.39, 0.29) is 17.8 Å². The highest BCUT2D eigenvalue weighted by molar-refractivity contribution is 9.10. The first-order chi connectivity index (χ1) is 7.85. The third kappa shape index (κ3) is 5.27. The van der Waals surface area contributed by atoms with Crippen molar-refractivity contribution >= 4 is 28.3 Å². The number of halogens is 2. The van der Waals surface area contributed by atoms with Crippen molar-refractivity contribution in [2.45, 2.75) is 26.8 Å². The zero-order valence-electron chi connectivity index (χ0n) is 11.6. The van der Waals surface area contributed by atoms with Gasteiger partial charge < -0.3 is 5.73 Å². The molecule has 0 spiro atoms. The maximum absolute atomic E-state index is 5.78.